The number of carbonyl (C=O) groups excluding carboxylic acids is 1. The Kier molecular flexibility index (Phi) is 6.79. The molecule has 0 saturated carbocycles. The molecule has 0 spiro atoms. The Morgan fingerprint density at radius 1 is 1.53 bits per heavy atom. The molecule has 0 aliphatic rings. The molecule has 1 atom stereocenters. The first kappa shape index (κ1) is 17.7. The van der Waals surface area contributed by atoms with Gasteiger partial charge in [0.2, 0.25) is 5.91 Å². The van der Waals surface area contributed by atoms with Gasteiger partial charge in [-0.15, -0.1) is 12.4 Å². The number of amides is 1. The first-order valence-electron chi connectivity index (χ1n) is 5.91. The van der Waals surface area contributed by atoms with Gasteiger partial charge in [0.1, 0.15) is 0 Å². The van der Waals surface area contributed by atoms with E-state index in [1.165, 1.54) is 12.1 Å². The number of hydrogen-bond donors (Lipinski definition) is 3. The molecule has 0 aliphatic heterocycles. The third-order valence-corrected chi connectivity index (χ3v) is 2.75. The Morgan fingerprint density at radius 2 is 2.16 bits per heavy atom. The van der Waals surface area contributed by atoms with Gasteiger partial charge in [0, 0.05) is 6.54 Å². The van der Waals surface area contributed by atoms with Crippen LogP contribution in [-0.2, 0) is 11.3 Å². The maximum absolute atomic E-state index is 13.1. The highest BCUT2D eigenvalue weighted by Gasteiger charge is 2.26. The molecule has 0 heterocycles. The van der Waals surface area contributed by atoms with Gasteiger partial charge in [0.15, 0.2) is 11.6 Å². The second kappa shape index (κ2) is 7.31. The predicted octanol–water partition coefficient (Wildman–Crippen LogP) is 2.09. The van der Waals surface area contributed by atoms with Crippen LogP contribution in [0.4, 0.5) is 4.39 Å². The number of carbonyl (C=O) groups is 1. The molecule has 0 saturated heterocycles. The Balaban J connectivity index is 0.00000324. The quantitative estimate of drug-likeness (QED) is 0.777. The predicted molar refractivity (Wildman–Crippen MR) is 74.7 cm³/mol. The molecule has 1 unspecified atom stereocenters. The normalized spacial score (nSPS) is 13.3. The molecule has 4 nitrogen and oxygen atoms in total. The molecular formula is C13H20ClFN2O2. The summed E-state index contributed by atoms with van der Waals surface area (Å²) in [6.45, 7) is 3.81. The van der Waals surface area contributed by atoms with E-state index < -0.39 is 17.1 Å². The van der Waals surface area contributed by atoms with Crippen molar-refractivity contribution < 1.29 is 14.3 Å². The summed E-state index contributed by atoms with van der Waals surface area (Å²) < 4.78 is 13.1. The van der Waals surface area contributed by atoms with Crippen LogP contribution in [0, 0.1) is 5.82 Å². The van der Waals surface area contributed by atoms with Crippen molar-refractivity contribution >= 4 is 18.3 Å². The molecule has 4 N–H and O–H groups in total. The van der Waals surface area contributed by atoms with Crippen LogP contribution >= 0.6 is 12.4 Å². The summed E-state index contributed by atoms with van der Waals surface area (Å²) in [7, 11) is 0. The molecule has 0 fully saturated rings. The molecular weight excluding hydrogens is 271 g/mol. The largest absolute Gasteiger partial charge is 0.505 e. The zero-order chi connectivity index (χ0) is 13.8. The van der Waals surface area contributed by atoms with E-state index in [-0.39, 0.29) is 24.9 Å². The summed E-state index contributed by atoms with van der Waals surface area (Å²) in [4.78, 5) is 11.8. The monoisotopic (exact) mass is 290 g/mol. The minimum Gasteiger partial charge on any atom is -0.505 e. The average molecular weight is 291 g/mol. The van der Waals surface area contributed by atoms with Crippen molar-refractivity contribution in [1.29, 1.82) is 0 Å². The van der Waals surface area contributed by atoms with Crippen molar-refractivity contribution in [2.75, 3.05) is 0 Å². The molecule has 1 rings (SSSR count). The van der Waals surface area contributed by atoms with Crippen LogP contribution in [-0.4, -0.2) is 16.6 Å². The van der Waals surface area contributed by atoms with E-state index in [4.69, 9.17) is 10.8 Å². The van der Waals surface area contributed by atoms with Crippen LogP contribution in [0.3, 0.4) is 0 Å². The van der Waals surface area contributed by atoms with Gasteiger partial charge in [-0.3, -0.25) is 4.79 Å². The second-order valence-corrected chi connectivity index (χ2v) is 4.64. The number of aromatic hydroxyl groups is 1. The Bertz CT molecular complexity index is 439. The van der Waals surface area contributed by atoms with Gasteiger partial charge in [0.05, 0.1) is 5.54 Å². The van der Waals surface area contributed by atoms with Crippen LogP contribution < -0.4 is 11.1 Å². The number of nitrogens with one attached hydrogen (secondary N) is 1. The maximum Gasteiger partial charge on any atom is 0.240 e. The molecule has 1 aromatic rings. The summed E-state index contributed by atoms with van der Waals surface area (Å²) in [6.07, 6.45) is 1.40. The first-order valence-corrected chi connectivity index (χ1v) is 5.91. The summed E-state index contributed by atoms with van der Waals surface area (Å²) in [5, 5.41) is 11.7. The van der Waals surface area contributed by atoms with E-state index >= 15 is 0 Å². The fourth-order valence-electron chi connectivity index (χ4n) is 1.68. The van der Waals surface area contributed by atoms with Crippen LogP contribution in [0.5, 0.6) is 5.75 Å². The standard InChI is InChI=1S/C13H19FN2O2.ClH/c1-3-6-13(2,15)12(18)16-8-9-4-5-11(17)10(14)7-9;/h4-5,7,17H,3,6,8,15H2,1-2H3,(H,16,18);1H. The van der Waals surface area contributed by atoms with Crippen molar-refractivity contribution in [2.45, 2.75) is 38.8 Å². The lowest BCUT2D eigenvalue weighted by Crippen LogP contribution is -2.51. The number of phenolic OH excluding ortho intramolecular Hbond substituents is 1. The fraction of sp³-hybridized carbons (Fsp3) is 0.462. The van der Waals surface area contributed by atoms with Crippen LogP contribution in [0.15, 0.2) is 18.2 Å². The lowest BCUT2D eigenvalue weighted by molar-refractivity contribution is -0.126. The van der Waals surface area contributed by atoms with Crippen molar-refractivity contribution in [3.63, 3.8) is 0 Å². The topological polar surface area (TPSA) is 75.4 Å². The molecule has 1 aromatic carbocycles. The zero-order valence-corrected chi connectivity index (χ0v) is 11.9. The lowest BCUT2D eigenvalue weighted by Gasteiger charge is -2.22. The molecule has 0 aromatic heterocycles. The van der Waals surface area contributed by atoms with E-state index in [1.807, 2.05) is 6.92 Å². The van der Waals surface area contributed by atoms with Crippen LogP contribution in [0.1, 0.15) is 32.3 Å². The van der Waals surface area contributed by atoms with E-state index in [2.05, 4.69) is 5.32 Å². The van der Waals surface area contributed by atoms with Gasteiger partial charge in [-0.2, -0.15) is 0 Å². The van der Waals surface area contributed by atoms with Gasteiger partial charge < -0.3 is 16.2 Å². The van der Waals surface area contributed by atoms with Crippen LogP contribution in [0.25, 0.3) is 0 Å². The SMILES string of the molecule is CCCC(C)(N)C(=O)NCc1ccc(O)c(F)c1.Cl. The van der Waals surface area contributed by atoms with Crippen molar-refractivity contribution in [3.05, 3.63) is 29.6 Å². The fourth-order valence-corrected chi connectivity index (χ4v) is 1.68. The van der Waals surface area contributed by atoms with E-state index in [0.29, 0.717) is 12.0 Å². The van der Waals surface area contributed by atoms with E-state index in [1.54, 1.807) is 13.0 Å². The number of halogens is 2. The van der Waals surface area contributed by atoms with Crippen molar-refractivity contribution in [3.8, 4) is 5.75 Å². The Hall–Kier alpha value is -1.33. The van der Waals surface area contributed by atoms with Gasteiger partial charge in [-0.1, -0.05) is 19.4 Å². The molecule has 6 heteroatoms. The number of nitrogens with two attached hydrogens (primary N) is 1. The smallest absolute Gasteiger partial charge is 0.240 e. The lowest BCUT2D eigenvalue weighted by atomic mass is 9.96. The maximum atomic E-state index is 13.1. The Labute approximate surface area is 118 Å². The van der Waals surface area contributed by atoms with Crippen LogP contribution in [0.2, 0.25) is 0 Å². The summed E-state index contributed by atoms with van der Waals surface area (Å²) in [5.41, 5.74) is 5.53. The third-order valence-electron chi connectivity index (χ3n) is 2.75. The van der Waals surface area contributed by atoms with Crippen molar-refractivity contribution in [1.82, 2.24) is 5.32 Å². The number of phenols is 1. The summed E-state index contributed by atoms with van der Waals surface area (Å²) in [5.74, 6) is -1.37. The van der Waals surface area contributed by atoms with Gasteiger partial charge in [0.25, 0.3) is 0 Å². The van der Waals surface area contributed by atoms with Gasteiger partial charge in [-0.05, 0) is 31.0 Å². The van der Waals surface area contributed by atoms with Gasteiger partial charge >= 0.3 is 0 Å². The number of hydrogen-bond acceptors (Lipinski definition) is 3. The zero-order valence-electron chi connectivity index (χ0n) is 11.1. The second-order valence-electron chi connectivity index (χ2n) is 4.64. The third kappa shape index (κ3) is 5.04. The molecule has 19 heavy (non-hydrogen) atoms. The summed E-state index contributed by atoms with van der Waals surface area (Å²) in [6, 6.07) is 3.99. The highest BCUT2D eigenvalue weighted by Crippen LogP contribution is 2.16. The minimum absolute atomic E-state index is 0. The number of benzene rings is 1. The highest BCUT2D eigenvalue weighted by molar-refractivity contribution is 5.85. The van der Waals surface area contributed by atoms with Gasteiger partial charge in [-0.25, -0.2) is 4.39 Å². The molecule has 0 aliphatic carbocycles. The number of rotatable bonds is 5. The highest BCUT2D eigenvalue weighted by atomic mass is 35.5. The Morgan fingerprint density at radius 3 is 2.68 bits per heavy atom. The molecule has 0 bridgehead atoms. The molecule has 108 valence electrons. The van der Waals surface area contributed by atoms with Crippen molar-refractivity contribution in [2.24, 2.45) is 5.73 Å². The first-order chi connectivity index (χ1) is 8.36. The van der Waals surface area contributed by atoms with E-state index in [9.17, 15) is 9.18 Å². The minimum atomic E-state index is -0.912. The van der Waals surface area contributed by atoms with E-state index in [0.717, 1.165) is 6.42 Å². The average Bonchev–Trinajstić information content (AvgIpc) is 2.30. The molecule has 0 radical (unpaired) electrons. The molecule has 1 amide bonds. The summed E-state index contributed by atoms with van der Waals surface area (Å²) >= 11 is 0.